The maximum Gasteiger partial charge on any atom is 0.186 e. The Morgan fingerprint density at radius 3 is 2.81 bits per heavy atom. The highest BCUT2D eigenvalue weighted by Crippen LogP contribution is 2.12. The van der Waals surface area contributed by atoms with Gasteiger partial charge in [0.15, 0.2) is 5.12 Å². The second-order valence-corrected chi connectivity index (χ2v) is 4.30. The lowest BCUT2D eigenvalue weighted by Crippen LogP contribution is -1.87. The molecule has 2 nitrogen and oxygen atoms in total. The second kappa shape index (κ2) is 6.23. The fourth-order valence-electron chi connectivity index (χ4n) is 1.09. The molecule has 0 radical (unpaired) electrons. The molecule has 0 N–H and O–H groups in total. The number of hydrogen-bond donors (Lipinski definition) is 0. The quantitative estimate of drug-likeness (QED) is 0.756. The lowest BCUT2D eigenvalue weighted by molar-refractivity contribution is -0.109. The molecule has 0 spiro atoms. The second-order valence-electron chi connectivity index (χ2n) is 3.10. The van der Waals surface area contributed by atoms with Crippen molar-refractivity contribution in [2.24, 2.45) is 0 Å². The van der Waals surface area contributed by atoms with E-state index in [9.17, 15) is 14.0 Å². The van der Waals surface area contributed by atoms with Gasteiger partial charge in [-0.15, -0.1) is 0 Å². The molecule has 0 fully saturated rings. The van der Waals surface area contributed by atoms with E-state index >= 15 is 0 Å². The number of rotatable bonds is 4. The van der Waals surface area contributed by atoms with Crippen molar-refractivity contribution in [2.45, 2.75) is 6.92 Å². The molecule has 0 aromatic heterocycles. The predicted octanol–water partition coefficient (Wildman–Crippen LogP) is 2.93. The Labute approximate surface area is 97.5 Å². The van der Waals surface area contributed by atoms with Gasteiger partial charge >= 0.3 is 0 Å². The van der Waals surface area contributed by atoms with Crippen LogP contribution in [0.15, 0.2) is 24.3 Å². The van der Waals surface area contributed by atoms with E-state index < -0.39 is 5.82 Å². The van der Waals surface area contributed by atoms with Crippen LogP contribution in [0.25, 0.3) is 6.08 Å². The first-order chi connectivity index (χ1) is 7.63. The maximum atomic E-state index is 13.3. The molecule has 0 saturated carbocycles. The van der Waals surface area contributed by atoms with Crippen molar-refractivity contribution in [3.63, 3.8) is 0 Å². The van der Waals surface area contributed by atoms with Crippen molar-refractivity contribution < 1.29 is 14.0 Å². The molecule has 1 rings (SSSR count). The van der Waals surface area contributed by atoms with Crippen LogP contribution in [0, 0.1) is 5.82 Å². The smallest absolute Gasteiger partial charge is 0.186 e. The summed E-state index contributed by atoms with van der Waals surface area (Å²) in [5.74, 6) is 0.0816. The molecule has 0 bridgehead atoms. The molecule has 0 heterocycles. The van der Waals surface area contributed by atoms with E-state index in [0.717, 1.165) is 11.8 Å². The van der Waals surface area contributed by atoms with Gasteiger partial charge in [0.1, 0.15) is 12.1 Å². The Morgan fingerprint density at radius 1 is 1.50 bits per heavy atom. The van der Waals surface area contributed by atoms with Crippen LogP contribution in [0.4, 0.5) is 4.39 Å². The van der Waals surface area contributed by atoms with Gasteiger partial charge in [-0.2, -0.15) is 0 Å². The van der Waals surface area contributed by atoms with Crippen LogP contribution in [-0.2, 0) is 4.79 Å². The zero-order valence-corrected chi connectivity index (χ0v) is 9.59. The highest BCUT2D eigenvalue weighted by atomic mass is 32.2. The molecule has 16 heavy (non-hydrogen) atoms. The fourth-order valence-corrected chi connectivity index (χ4v) is 1.52. The number of halogens is 1. The maximum absolute atomic E-state index is 13.3. The average Bonchev–Trinajstić information content (AvgIpc) is 2.25. The average molecular weight is 238 g/mol. The number of carbonyl (C=O) groups excluding carboxylic acids is 2. The van der Waals surface area contributed by atoms with E-state index in [0.29, 0.717) is 23.2 Å². The summed E-state index contributed by atoms with van der Waals surface area (Å²) >= 11 is 1.16. The van der Waals surface area contributed by atoms with Crippen molar-refractivity contribution in [3.05, 3.63) is 41.2 Å². The van der Waals surface area contributed by atoms with Crippen LogP contribution in [0.2, 0.25) is 0 Å². The van der Waals surface area contributed by atoms with E-state index in [4.69, 9.17) is 0 Å². The van der Waals surface area contributed by atoms with Gasteiger partial charge in [0.25, 0.3) is 0 Å². The minimum atomic E-state index is -0.436. The van der Waals surface area contributed by atoms with Crippen LogP contribution in [0.1, 0.15) is 22.8 Å². The van der Waals surface area contributed by atoms with Crippen molar-refractivity contribution in [2.75, 3.05) is 5.75 Å². The van der Waals surface area contributed by atoms with Gasteiger partial charge in [0.05, 0.1) is 0 Å². The summed E-state index contributed by atoms with van der Waals surface area (Å²) in [4.78, 5) is 21.0. The highest BCUT2D eigenvalue weighted by molar-refractivity contribution is 8.13. The Kier molecular flexibility index (Phi) is 4.92. The summed E-state index contributed by atoms with van der Waals surface area (Å²) < 4.78 is 13.3. The molecule has 1 aromatic rings. The SMILES string of the molecule is CC(=O)SCC=Cc1ccc(C=O)cc1F. The molecule has 0 aliphatic rings. The van der Waals surface area contributed by atoms with Gasteiger partial charge in [0.2, 0.25) is 0 Å². The Balaban J connectivity index is 2.66. The molecule has 1 aromatic carbocycles. The van der Waals surface area contributed by atoms with E-state index in [1.54, 1.807) is 18.2 Å². The first-order valence-electron chi connectivity index (χ1n) is 4.68. The molecular weight excluding hydrogens is 227 g/mol. The van der Waals surface area contributed by atoms with Crippen LogP contribution >= 0.6 is 11.8 Å². The lowest BCUT2D eigenvalue weighted by Gasteiger charge is -1.97. The van der Waals surface area contributed by atoms with Crippen LogP contribution in [-0.4, -0.2) is 17.2 Å². The van der Waals surface area contributed by atoms with Crippen molar-refractivity contribution >= 4 is 29.2 Å². The largest absolute Gasteiger partial charge is 0.298 e. The van der Waals surface area contributed by atoms with Gasteiger partial charge in [-0.1, -0.05) is 36.0 Å². The molecule has 4 heteroatoms. The third-order valence-electron chi connectivity index (χ3n) is 1.84. The number of thioether (sulfide) groups is 1. The highest BCUT2D eigenvalue weighted by Gasteiger charge is 1.99. The first-order valence-corrected chi connectivity index (χ1v) is 5.66. The predicted molar refractivity (Wildman–Crippen MR) is 64.0 cm³/mol. The number of hydrogen-bond acceptors (Lipinski definition) is 3. The van der Waals surface area contributed by atoms with E-state index in [1.807, 2.05) is 0 Å². The first kappa shape index (κ1) is 12.6. The minimum Gasteiger partial charge on any atom is -0.298 e. The summed E-state index contributed by atoms with van der Waals surface area (Å²) in [5.41, 5.74) is 0.725. The monoisotopic (exact) mass is 238 g/mol. The molecule has 84 valence electrons. The van der Waals surface area contributed by atoms with Crippen molar-refractivity contribution in [3.8, 4) is 0 Å². The number of carbonyl (C=O) groups is 2. The van der Waals surface area contributed by atoms with Crippen LogP contribution in [0.3, 0.4) is 0 Å². The standard InChI is InChI=1S/C12H11FO2S/c1-9(15)16-6-2-3-11-5-4-10(8-14)7-12(11)13/h2-5,7-8H,6H2,1H3. The van der Waals surface area contributed by atoms with Crippen LogP contribution < -0.4 is 0 Å². The molecule has 0 saturated heterocycles. The molecule has 0 aliphatic carbocycles. The van der Waals surface area contributed by atoms with Crippen molar-refractivity contribution in [1.29, 1.82) is 0 Å². The van der Waals surface area contributed by atoms with Gasteiger partial charge in [-0.05, 0) is 6.07 Å². The topological polar surface area (TPSA) is 34.1 Å². The molecule has 0 aliphatic heterocycles. The summed E-state index contributed by atoms with van der Waals surface area (Å²) in [6.07, 6.45) is 3.91. The van der Waals surface area contributed by atoms with Crippen molar-refractivity contribution in [1.82, 2.24) is 0 Å². The van der Waals surface area contributed by atoms with Gasteiger partial charge in [-0.25, -0.2) is 4.39 Å². The van der Waals surface area contributed by atoms with E-state index in [1.165, 1.54) is 19.1 Å². The Bertz CT molecular complexity index is 427. The molecule has 0 unspecified atom stereocenters. The van der Waals surface area contributed by atoms with Gasteiger partial charge in [0, 0.05) is 23.8 Å². The van der Waals surface area contributed by atoms with Crippen LogP contribution in [0.5, 0.6) is 0 Å². The van der Waals surface area contributed by atoms with Gasteiger partial charge in [-0.3, -0.25) is 9.59 Å². The normalized spacial score (nSPS) is 10.6. The number of aldehydes is 1. The fraction of sp³-hybridized carbons (Fsp3) is 0.167. The number of benzene rings is 1. The zero-order chi connectivity index (χ0) is 12.0. The molecule has 0 atom stereocenters. The van der Waals surface area contributed by atoms with Gasteiger partial charge < -0.3 is 0 Å². The third kappa shape index (κ3) is 3.98. The zero-order valence-electron chi connectivity index (χ0n) is 8.77. The third-order valence-corrected chi connectivity index (χ3v) is 2.61. The molecular formula is C12H11FO2S. The Hall–Kier alpha value is -1.42. The summed E-state index contributed by atoms with van der Waals surface area (Å²) in [6, 6.07) is 4.27. The molecule has 0 amide bonds. The summed E-state index contributed by atoms with van der Waals surface area (Å²) in [7, 11) is 0. The van der Waals surface area contributed by atoms with E-state index in [2.05, 4.69) is 0 Å². The summed E-state index contributed by atoms with van der Waals surface area (Å²) in [5, 5.41) is 0.0291. The Morgan fingerprint density at radius 2 is 2.25 bits per heavy atom. The minimum absolute atomic E-state index is 0.0291. The lowest BCUT2D eigenvalue weighted by atomic mass is 10.1. The summed E-state index contributed by atoms with van der Waals surface area (Å²) in [6.45, 7) is 1.48. The van der Waals surface area contributed by atoms with E-state index in [-0.39, 0.29) is 5.12 Å².